The molecule has 0 bridgehead atoms. The van der Waals surface area contributed by atoms with Crippen molar-refractivity contribution in [2.75, 3.05) is 17.7 Å². The van der Waals surface area contributed by atoms with Crippen LogP contribution in [0.3, 0.4) is 0 Å². The molecule has 2 heterocycles. The van der Waals surface area contributed by atoms with Crippen LogP contribution in [0.2, 0.25) is 5.02 Å². The first-order valence-electron chi connectivity index (χ1n) is 11.6. The molecule has 1 aliphatic rings. The molecule has 0 saturated carbocycles. The van der Waals surface area contributed by atoms with E-state index in [1.54, 1.807) is 16.8 Å². The smallest absolute Gasteiger partial charge is 0.255 e. The largest absolute Gasteiger partial charge is 0.503 e. The number of methoxy groups -OCH3 is 1. The summed E-state index contributed by atoms with van der Waals surface area (Å²) in [5.41, 5.74) is 3.41. The SMILES string of the molecule is COc1cc(C2C(C(=O)Nc3ccccc3)=C(C)Nc3nc(SCc4ccccc4Cl)nn32)cc(Br)c1O. The number of phenolic OH excluding ortho intramolecular Hbond substituents is 1. The van der Waals surface area contributed by atoms with Crippen molar-refractivity contribution in [2.24, 2.45) is 0 Å². The second-order valence-electron chi connectivity index (χ2n) is 8.48. The number of phenols is 1. The highest BCUT2D eigenvalue weighted by atomic mass is 79.9. The molecule has 0 saturated heterocycles. The predicted molar refractivity (Wildman–Crippen MR) is 153 cm³/mol. The molecule has 0 radical (unpaired) electrons. The Bertz CT molecular complexity index is 1540. The fourth-order valence-corrected chi connectivity index (χ4v) is 5.75. The number of benzene rings is 3. The maximum Gasteiger partial charge on any atom is 0.255 e. The van der Waals surface area contributed by atoms with E-state index in [1.807, 2.05) is 61.5 Å². The fourth-order valence-electron chi connectivity index (χ4n) is 4.18. The summed E-state index contributed by atoms with van der Waals surface area (Å²) in [6, 6.07) is 19.7. The standard InChI is InChI=1S/C27H23BrClN5O3S/c1-15-22(25(36)31-18-9-4-3-5-10-18)23(17-12-19(28)24(35)21(13-17)37-2)34-26(30-15)32-27(33-34)38-14-16-8-6-7-11-20(16)29/h3-13,23,35H,14H2,1-2H3,(H,31,36)(H,30,32,33). The van der Waals surface area contributed by atoms with Crippen LogP contribution < -0.4 is 15.4 Å². The van der Waals surface area contributed by atoms with Gasteiger partial charge in [0.25, 0.3) is 5.91 Å². The van der Waals surface area contributed by atoms with Crippen molar-refractivity contribution in [3.8, 4) is 11.5 Å². The first-order chi connectivity index (χ1) is 18.4. The van der Waals surface area contributed by atoms with Gasteiger partial charge in [0.15, 0.2) is 11.5 Å². The molecule has 1 atom stereocenters. The van der Waals surface area contributed by atoms with Gasteiger partial charge in [0.1, 0.15) is 6.04 Å². The van der Waals surface area contributed by atoms with Crippen molar-refractivity contribution in [2.45, 2.75) is 23.9 Å². The van der Waals surface area contributed by atoms with Crippen LogP contribution in [0.25, 0.3) is 0 Å². The van der Waals surface area contributed by atoms with E-state index >= 15 is 0 Å². The molecule has 0 spiro atoms. The first kappa shape index (κ1) is 26.1. The van der Waals surface area contributed by atoms with E-state index < -0.39 is 6.04 Å². The van der Waals surface area contributed by atoms with Crippen LogP contribution in [0.15, 0.2) is 87.6 Å². The number of nitrogens with one attached hydrogen (secondary N) is 2. The summed E-state index contributed by atoms with van der Waals surface area (Å²) in [5.74, 6) is 1.02. The zero-order chi connectivity index (χ0) is 26.8. The Morgan fingerprint density at radius 2 is 1.95 bits per heavy atom. The Balaban J connectivity index is 1.55. The van der Waals surface area contributed by atoms with Gasteiger partial charge in [0, 0.05) is 22.2 Å². The molecular formula is C27H23BrClN5O3S. The highest BCUT2D eigenvalue weighted by Gasteiger charge is 2.35. The number of aromatic hydroxyl groups is 1. The number of rotatable bonds is 7. The van der Waals surface area contributed by atoms with Crippen molar-refractivity contribution in [3.63, 3.8) is 0 Å². The number of allylic oxidation sites excluding steroid dienone is 1. The van der Waals surface area contributed by atoms with Gasteiger partial charge in [0.2, 0.25) is 11.1 Å². The van der Waals surface area contributed by atoms with Gasteiger partial charge >= 0.3 is 0 Å². The van der Waals surface area contributed by atoms with Gasteiger partial charge in [-0.1, -0.05) is 59.8 Å². The molecule has 3 N–H and O–H groups in total. The fraction of sp³-hybridized carbons (Fsp3) is 0.148. The number of hydrogen-bond acceptors (Lipinski definition) is 7. The molecular weight excluding hydrogens is 590 g/mol. The molecule has 8 nitrogen and oxygen atoms in total. The van der Waals surface area contributed by atoms with Gasteiger partial charge < -0.3 is 20.5 Å². The third-order valence-corrected chi connectivity index (χ3v) is 7.87. The minimum Gasteiger partial charge on any atom is -0.503 e. The summed E-state index contributed by atoms with van der Waals surface area (Å²) in [6.45, 7) is 1.83. The summed E-state index contributed by atoms with van der Waals surface area (Å²) >= 11 is 11.2. The zero-order valence-electron chi connectivity index (χ0n) is 20.4. The van der Waals surface area contributed by atoms with Crippen LogP contribution >= 0.6 is 39.3 Å². The van der Waals surface area contributed by atoms with Gasteiger partial charge in [-0.3, -0.25) is 4.79 Å². The first-order valence-corrected chi connectivity index (χ1v) is 13.7. The topological polar surface area (TPSA) is 101 Å². The van der Waals surface area contributed by atoms with Gasteiger partial charge in [-0.2, -0.15) is 4.98 Å². The van der Waals surface area contributed by atoms with Crippen molar-refractivity contribution < 1.29 is 14.6 Å². The summed E-state index contributed by atoms with van der Waals surface area (Å²) < 4.78 is 7.51. The molecule has 0 fully saturated rings. The molecule has 3 aromatic carbocycles. The molecule has 1 amide bonds. The normalized spacial score (nSPS) is 14.6. The van der Waals surface area contributed by atoms with Crippen molar-refractivity contribution >= 4 is 56.8 Å². The molecule has 5 rings (SSSR count). The lowest BCUT2D eigenvalue weighted by Gasteiger charge is -2.29. The Morgan fingerprint density at radius 3 is 2.68 bits per heavy atom. The van der Waals surface area contributed by atoms with Crippen molar-refractivity contribution in [1.29, 1.82) is 0 Å². The second-order valence-corrected chi connectivity index (χ2v) is 10.7. The maximum atomic E-state index is 13.7. The van der Waals surface area contributed by atoms with E-state index in [9.17, 15) is 9.90 Å². The van der Waals surface area contributed by atoms with Crippen LogP contribution in [0.5, 0.6) is 11.5 Å². The number of nitrogens with zero attached hydrogens (tertiary/aromatic N) is 3. The quantitative estimate of drug-likeness (QED) is 0.202. The van der Waals surface area contributed by atoms with E-state index in [0.29, 0.717) is 48.9 Å². The highest BCUT2D eigenvalue weighted by Crippen LogP contribution is 2.42. The molecule has 1 aliphatic heterocycles. The number of carbonyl (C=O) groups excluding carboxylic acids is 1. The maximum absolute atomic E-state index is 13.7. The number of halogens is 2. The zero-order valence-corrected chi connectivity index (χ0v) is 23.6. The molecule has 1 aromatic heterocycles. The Labute approximate surface area is 237 Å². The molecule has 38 heavy (non-hydrogen) atoms. The lowest BCUT2D eigenvalue weighted by atomic mass is 9.94. The molecule has 194 valence electrons. The van der Waals surface area contributed by atoms with E-state index in [2.05, 4.69) is 31.5 Å². The van der Waals surface area contributed by atoms with E-state index in [0.717, 1.165) is 5.56 Å². The van der Waals surface area contributed by atoms with Crippen LogP contribution in [-0.2, 0) is 10.5 Å². The van der Waals surface area contributed by atoms with E-state index in [4.69, 9.17) is 21.4 Å². The van der Waals surface area contributed by atoms with Gasteiger partial charge in [-0.25, -0.2) is 4.68 Å². The number of thioether (sulfide) groups is 1. The lowest BCUT2D eigenvalue weighted by Crippen LogP contribution is -2.31. The molecule has 0 aliphatic carbocycles. The van der Waals surface area contributed by atoms with Gasteiger partial charge in [-0.15, -0.1) is 5.10 Å². The summed E-state index contributed by atoms with van der Waals surface area (Å²) in [5, 5.41) is 22.6. The summed E-state index contributed by atoms with van der Waals surface area (Å²) in [7, 11) is 1.47. The van der Waals surface area contributed by atoms with Crippen LogP contribution in [0, 0.1) is 0 Å². The van der Waals surface area contributed by atoms with E-state index in [-0.39, 0.29) is 17.4 Å². The lowest BCUT2D eigenvalue weighted by molar-refractivity contribution is -0.113. The predicted octanol–water partition coefficient (Wildman–Crippen LogP) is 6.63. The monoisotopic (exact) mass is 611 g/mol. The third-order valence-electron chi connectivity index (χ3n) is 6.01. The number of aromatic nitrogens is 3. The van der Waals surface area contributed by atoms with Gasteiger partial charge in [0.05, 0.1) is 17.2 Å². The number of para-hydroxylation sites is 1. The Kier molecular flexibility index (Phi) is 7.64. The number of fused-ring (bicyclic) bond motifs is 1. The minimum absolute atomic E-state index is 0.0315. The number of hydrogen-bond donors (Lipinski definition) is 3. The van der Waals surface area contributed by atoms with Crippen molar-refractivity contribution in [3.05, 3.63) is 98.6 Å². The van der Waals surface area contributed by atoms with Crippen molar-refractivity contribution in [1.82, 2.24) is 14.8 Å². The molecule has 11 heteroatoms. The summed E-state index contributed by atoms with van der Waals surface area (Å²) in [6.07, 6.45) is 0. The minimum atomic E-state index is -0.650. The number of anilines is 2. The number of ether oxygens (including phenoxy) is 1. The van der Waals surface area contributed by atoms with Crippen LogP contribution in [-0.4, -0.2) is 32.9 Å². The van der Waals surface area contributed by atoms with Crippen LogP contribution in [0.1, 0.15) is 24.1 Å². The highest BCUT2D eigenvalue weighted by molar-refractivity contribution is 9.10. The third kappa shape index (κ3) is 5.24. The average molecular weight is 613 g/mol. The molecule has 1 unspecified atom stereocenters. The molecule has 4 aromatic rings. The van der Waals surface area contributed by atoms with E-state index in [1.165, 1.54) is 18.9 Å². The average Bonchev–Trinajstić information content (AvgIpc) is 3.31. The van der Waals surface area contributed by atoms with Crippen LogP contribution in [0.4, 0.5) is 11.6 Å². The second kappa shape index (κ2) is 11.1. The number of carbonyl (C=O) groups is 1. The summed E-state index contributed by atoms with van der Waals surface area (Å²) in [4.78, 5) is 18.3. The Hall–Kier alpha value is -3.47. The number of amides is 1. The van der Waals surface area contributed by atoms with Gasteiger partial charge in [-0.05, 0) is 64.3 Å². The Morgan fingerprint density at radius 1 is 1.21 bits per heavy atom.